The number of hydrogen-bond donors (Lipinski definition) is 5. The Labute approximate surface area is 219 Å². The summed E-state index contributed by atoms with van der Waals surface area (Å²) < 4.78 is 8.30. The Morgan fingerprint density at radius 1 is 1.05 bits per heavy atom. The van der Waals surface area contributed by atoms with Gasteiger partial charge in [0.25, 0.3) is 0 Å². The fourth-order valence-electron chi connectivity index (χ4n) is 5.80. The van der Waals surface area contributed by atoms with Crippen LogP contribution in [0.3, 0.4) is 0 Å². The third kappa shape index (κ3) is 6.29. The van der Waals surface area contributed by atoms with Gasteiger partial charge in [-0.1, -0.05) is 12.1 Å². The van der Waals surface area contributed by atoms with Gasteiger partial charge in [-0.05, 0) is 88.8 Å². The van der Waals surface area contributed by atoms with Crippen LogP contribution in [0.25, 0.3) is 11.3 Å². The summed E-state index contributed by atoms with van der Waals surface area (Å²) in [5, 5.41) is 18.1. The van der Waals surface area contributed by atoms with Gasteiger partial charge in [-0.15, -0.1) is 0 Å². The summed E-state index contributed by atoms with van der Waals surface area (Å²) >= 11 is 0. The highest BCUT2D eigenvalue weighted by atomic mass is 16.5. The number of phenolic OH excluding ortho intramolecular Hbond substituents is 1. The Hall–Kier alpha value is -3.01. The number of aromatic nitrogens is 2. The number of piperidine rings is 2. The fourth-order valence-corrected chi connectivity index (χ4v) is 5.80. The standard InChI is InChI=1S/C28H41N7O2/c29-26(24-3-1-2-4-27(24)36)15-25(28(30)31)20-16-33-35(18-20)17-19-7-11-34(12-8-19)21-13-23(14-21)37-22-5-9-32-10-6-22/h1-4,15-16,18-19,21-23,32,36H,5-14,17,29-31H2/b26-15-. The molecule has 2 aliphatic heterocycles. The number of nitrogens with one attached hydrogen (secondary N) is 1. The van der Waals surface area contributed by atoms with Crippen LogP contribution in [0.2, 0.25) is 0 Å². The van der Waals surface area contributed by atoms with Crippen molar-refractivity contribution in [2.45, 2.75) is 63.3 Å². The summed E-state index contributed by atoms with van der Waals surface area (Å²) in [4.78, 5) is 2.66. The molecule has 2 saturated heterocycles. The Kier molecular flexibility index (Phi) is 8.02. The number of nitrogens with two attached hydrogens (primary N) is 3. The van der Waals surface area contributed by atoms with Gasteiger partial charge in [0, 0.05) is 41.2 Å². The predicted molar refractivity (Wildman–Crippen MR) is 146 cm³/mol. The van der Waals surface area contributed by atoms with Crippen molar-refractivity contribution in [3.63, 3.8) is 0 Å². The van der Waals surface area contributed by atoms with Crippen LogP contribution in [0.15, 0.2) is 48.6 Å². The van der Waals surface area contributed by atoms with Crippen LogP contribution in [0.5, 0.6) is 5.75 Å². The van der Waals surface area contributed by atoms with Crippen LogP contribution >= 0.6 is 0 Å². The Balaban J connectivity index is 1.11. The molecule has 1 aromatic heterocycles. The van der Waals surface area contributed by atoms with Crippen molar-refractivity contribution < 1.29 is 9.84 Å². The Morgan fingerprint density at radius 3 is 2.49 bits per heavy atom. The van der Waals surface area contributed by atoms with Crippen LogP contribution in [0.4, 0.5) is 0 Å². The third-order valence-corrected chi connectivity index (χ3v) is 8.12. The van der Waals surface area contributed by atoms with E-state index < -0.39 is 0 Å². The van der Waals surface area contributed by atoms with E-state index in [1.165, 1.54) is 25.7 Å². The van der Waals surface area contributed by atoms with Gasteiger partial charge in [0.15, 0.2) is 0 Å². The molecule has 3 heterocycles. The number of phenols is 1. The normalized spacial score (nSPS) is 24.1. The summed E-state index contributed by atoms with van der Waals surface area (Å²) in [6.45, 7) is 5.34. The van der Waals surface area contributed by atoms with Crippen LogP contribution in [0.1, 0.15) is 49.7 Å². The van der Waals surface area contributed by atoms with Crippen LogP contribution < -0.4 is 22.5 Å². The van der Waals surface area contributed by atoms with Gasteiger partial charge in [0.2, 0.25) is 0 Å². The number of aromatic hydroxyl groups is 1. The minimum Gasteiger partial charge on any atom is -0.507 e. The first kappa shape index (κ1) is 25.6. The zero-order chi connectivity index (χ0) is 25.8. The molecule has 0 unspecified atom stereocenters. The first-order valence-corrected chi connectivity index (χ1v) is 13.6. The zero-order valence-corrected chi connectivity index (χ0v) is 21.6. The molecule has 1 aliphatic carbocycles. The van der Waals surface area contributed by atoms with Crippen molar-refractivity contribution >= 4 is 11.3 Å². The van der Waals surface area contributed by atoms with Gasteiger partial charge in [-0.25, -0.2) is 0 Å². The number of nitrogens with zero attached hydrogens (tertiary/aromatic N) is 3. The topological polar surface area (TPSA) is 141 Å². The average Bonchev–Trinajstić information content (AvgIpc) is 3.33. The maximum atomic E-state index is 10.1. The van der Waals surface area contributed by atoms with Gasteiger partial charge in [0.05, 0.1) is 18.4 Å². The summed E-state index contributed by atoms with van der Waals surface area (Å²) in [6, 6.07) is 7.61. The van der Waals surface area contributed by atoms with E-state index in [1.807, 2.05) is 16.9 Å². The van der Waals surface area contributed by atoms with Crippen molar-refractivity contribution in [1.29, 1.82) is 0 Å². The molecule has 0 atom stereocenters. The van der Waals surface area contributed by atoms with Crippen LogP contribution in [-0.2, 0) is 11.3 Å². The smallest absolute Gasteiger partial charge is 0.124 e. The number of allylic oxidation sites excluding steroid dienone is 2. The predicted octanol–water partition coefficient (Wildman–Crippen LogP) is 2.19. The molecule has 9 nitrogen and oxygen atoms in total. The van der Waals surface area contributed by atoms with Gasteiger partial charge >= 0.3 is 0 Å². The molecule has 0 radical (unpaired) electrons. The number of ether oxygens (including phenoxy) is 1. The molecule has 0 spiro atoms. The number of benzene rings is 1. The summed E-state index contributed by atoms with van der Waals surface area (Å²) in [5.41, 5.74) is 20.6. The van der Waals surface area contributed by atoms with E-state index in [9.17, 15) is 5.11 Å². The Morgan fingerprint density at radius 2 is 1.78 bits per heavy atom. The zero-order valence-electron chi connectivity index (χ0n) is 21.6. The first-order chi connectivity index (χ1) is 18.0. The molecule has 0 amide bonds. The number of rotatable bonds is 8. The second kappa shape index (κ2) is 11.6. The summed E-state index contributed by atoms with van der Waals surface area (Å²) in [5.74, 6) is 0.865. The highest BCUT2D eigenvalue weighted by Gasteiger charge is 2.37. The molecule has 1 saturated carbocycles. The van der Waals surface area contributed by atoms with Gasteiger partial charge < -0.3 is 37.3 Å². The van der Waals surface area contributed by atoms with Gasteiger partial charge in [0.1, 0.15) is 11.6 Å². The maximum absolute atomic E-state index is 10.1. The summed E-state index contributed by atoms with van der Waals surface area (Å²) in [7, 11) is 0. The fraction of sp³-hybridized carbons (Fsp3) is 0.536. The molecular formula is C28H41N7O2. The molecule has 1 aromatic carbocycles. The lowest BCUT2D eigenvalue weighted by Crippen LogP contribution is -2.52. The van der Waals surface area contributed by atoms with E-state index in [4.69, 9.17) is 21.9 Å². The SMILES string of the molecule is NC(N)=C(/C=C(\N)c1ccccc1O)c1cnn(CC2CCN(C3CC(OC4CCNCC4)C3)CC2)c1. The monoisotopic (exact) mass is 507 g/mol. The van der Waals surface area contributed by atoms with Crippen molar-refractivity contribution in [2.75, 3.05) is 26.2 Å². The second-order valence-corrected chi connectivity index (χ2v) is 10.7. The molecule has 37 heavy (non-hydrogen) atoms. The quantitative estimate of drug-likeness (QED) is 0.343. The van der Waals surface area contributed by atoms with Crippen LogP contribution in [-0.4, -0.2) is 64.2 Å². The molecule has 9 heteroatoms. The highest BCUT2D eigenvalue weighted by molar-refractivity contribution is 5.84. The van der Waals surface area contributed by atoms with E-state index >= 15 is 0 Å². The molecule has 200 valence electrons. The molecule has 2 aromatic rings. The van der Waals surface area contributed by atoms with Crippen LogP contribution in [0, 0.1) is 5.92 Å². The lowest BCUT2D eigenvalue weighted by molar-refractivity contribution is -0.0994. The van der Waals surface area contributed by atoms with E-state index in [0.29, 0.717) is 41.0 Å². The molecule has 5 rings (SSSR count). The lowest BCUT2D eigenvalue weighted by Gasteiger charge is -2.46. The highest BCUT2D eigenvalue weighted by Crippen LogP contribution is 2.33. The minimum absolute atomic E-state index is 0.111. The van der Waals surface area contributed by atoms with E-state index in [2.05, 4.69) is 15.3 Å². The largest absolute Gasteiger partial charge is 0.507 e. The third-order valence-electron chi connectivity index (χ3n) is 8.12. The second-order valence-electron chi connectivity index (χ2n) is 10.7. The first-order valence-electron chi connectivity index (χ1n) is 13.6. The van der Waals surface area contributed by atoms with E-state index in [1.54, 1.807) is 30.5 Å². The van der Waals surface area contributed by atoms with Gasteiger partial charge in [-0.3, -0.25) is 4.68 Å². The molecule has 0 bridgehead atoms. The van der Waals surface area contributed by atoms with E-state index in [-0.39, 0.29) is 11.6 Å². The van der Waals surface area contributed by atoms with Crippen molar-refractivity contribution in [3.8, 4) is 5.75 Å². The van der Waals surface area contributed by atoms with Gasteiger partial charge in [-0.2, -0.15) is 5.10 Å². The molecule has 3 aliphatic rings. The van der Waals surface area contributed by atoms with Crippen molar-refractivity contribution in [2.24, 2.45) is 23.1 Å². The summed E-state index contributed by atoms with van der Waals surface area (Å²) in [6.07, 6.45) is 13.4. The number of hydrogen-bond acceptors (Lipinski definition) is 8. The molecular weight excluding hydrogens is 466 g/mol. The number of likely N-dealkylation sites (tertiary alicyclic amines) is 1. The maximum Gasteiger partial charge on any atom is 0.124 e. The van der Waals surface area contributed by atoms with Crippen molar-refractivity contribution in [1.82, 2.24) is 20.0 Å². The minimum atomic E-state index is 0.111. The molecule has 3 fully saturated rings. The average molecular weight is 508 g/mol. The van der Waals surface area contributed by atoms with Crippen molar-refractivity contribution in [3.05, 3.63) is 59.7 Å². The number of para-hydroxylation sites is 1. The van der Waals surface area contributed by atoms with E-state index in [0.717, 1.165) is 51.1 Å². The molecule has 8 N–H and O–H groups in total. The Bertz CT molecular complexity index is 1100. The lowest BCUT2D eigenvalue weighted by atomic mass is 9.85.